The number of nitrogen functional groups attached to an aromatic ring is 1. The molecule has 1 aliphatic carbocycles. The maximum atomic E-state index is 9.60. The van der Waals surface area contributed by atoms with Gasteiger partial charge in [0.05, 0.1) is 0 Å². The number of nitrogens with zero attached hydrogens (tertiary/aromatic N) is 3. The van der Waals surface area contributed by atoms with Gasteiger partial charge in [-0.2, -0.15) is 5.26 Å². The molecule has 0 spiro atoms. The van der Waals surface area contributed by atoms with Gasteiger partial charge in [-0.25, -0.2) is 4.98 Å². The van der Waals surface area contributed by atoms with Crippen molar-refractivity contribution in [1.82, 2.24) is 4.98 Å². The lowest BCUT2D eigenvalue weighted by Crippen LogP contribution is -2.09. The van der Waals surface area contributed by atoms with E-state index in [-0.39, 0.29) is 0 Å². The number of anilines is 2. The van der Waals surface area contributed by atoms with E-state index in [9.17, 15) is 5.26 Å². The molecule has 2 aromatic rings. The third-order valence-corrected chi connectivity index (χ3v) is 4.54. The number of hydrogen-bond acceptors (Lipinski definition) is 4. The first kappa shape index (κ1) is 15.4. The summed E-state index contributed by atoms with van der Waals surface area (Å²) in [6.45, 7) is 0. The van der Waals surface area contributed by atoms with Gasteiger partial charge in [0.15, 0.2) is 0 Å². The second-order valence-corrected chi connectivity index (χ2v) is 6.29. The van der Waals surface area contributed by atoms with E-state index >= 15 is 0 Å². The first-order valence-corrected chi connectivity index (χ1v) is 8.11. The van der Waals surface area contributed by atoms with E-state index in [2.05, 4.69) is 40.2 Å². The van der Waals surface area contributed by atoms with E-state index in [1.54, 1.807) is 0 Å². The van der Waals surface area contributed by atoms with Crippen LogP contribution in [0.15, 0.2) is 24.3 Å². The number of aromatic nitrogens is 1. The molecule has 0 bridgehead atoms. The van der Waals surface area contributed by atoms with Crippen molar-refractivity contribution in [2.45, 2.75) is 32.1 Å². The van der Waals surface area contributed by atoms with E-state index < -0.39 is 0 Å². The van der Waals surface area contributed by atoms with Crippen molar-refractivity contribution >= 4 is 11.5 Å². The number of hydrogen-bond donors (Lipinski definition) is 1. The van der Waals surface area contributed by atoms with Crippen LogP contribution in [0.3, 0.4) is 0 Å². The molecule has 0 fully saturated rings. The molecule has 0 atom stereocenters. The molecule has 0 saturated heterocycles. The number of nitrogens with two attached hydrogens (primary N) is 1. The lowest BCUT2D eigenvalue weighted by molar-refractivity contribution is 0.709. The molecular weight excluding hydrogens is 284 g/mol. The molecule has 3 rings (SSSR count). The summed E-state index contributed by atoms with van der Waals surface area (Å²) in [6, 6.07) is 10.6. The summed E-state index contributed by atoms with van der Waals surface area (Å²) in [5.41, 5.74) is 12.1. The van der Waals surface area contributed by atoms with Crippen molar-refractivity contribution < 1.29 is 0 Å². The minimum atomic E-state index is 0.361. The van der Waals surface area contributed by atoms with Crippen LogP contribution < -0.4 is 10.6 Å². The van der Waals surface area contributed by atoms with Crippen molar-refractivity contribution in [3.05, 3.63) is 41.1 Å². The van der Waals surface area contributed by atoms with Crippen molar-refractivity contribution in [1.29, 1.82) is 5.26 Å². The average molecular weight is 306 g/mol. The highest BCUT2D eigenvalue weighted by Gasteiger charge is 2.21. The van der Waals surface area contributed by atoms with Crippen molar-refractivity contribution in [2.24, 2.45) is 0 Å². The van der Waals surface area contributed by atoms with E-state index in [4.69, 9.17) is 5.73 Å². The molecule has 1 heterocycles. The Hall–Kier alpha value is -2.54. The topological polar surface area (TPSA) is 65.9 Å². The standard InChI is InChI=1S/C19H22N4/c1-23(2)14-10-8-13(9-11-14)18-15-6-4-3-5-7-17(15)22-19(21)16(18)12-20/h8-11H,3-7H2,1-2H3,(H2,21,22). The lowest BCUT2D eigenvalue weighted by Gasteiger charge is -2.17. The van der Waals surface area contributed by atoms with Crippen molar-refractivity contribution in [2.75, 3.05) is 24.7 Å². The minimum Gasteiger partial charge on any atom is -0.383 e. The molecule has 0 amide bonds. The maximum Gasteiger partial charge on any atom is 0.142 e. The summed E-state index contributed by atoms with van der Waals surface area (Å²) < 4.78 is 0. The van der Waals surface area contributed by atoms with E-state index in [1.165, 1.54) is 12.0 Å². The number of rotatable bonds is 2. The molecule has 1 aliphatic rings. The van der Waals surface area contributed by atoms with Gasteiger partial charge in [0, 0.05) is 31.0 Å². The normalized spacial score (nSPS) is 13.8. The molecule has 0 saturated carbocycles. The van der Waals surface area contributed by atoms with E-state index in [0.717, 1.165) is 48.2 Å². The van der Waals surface area contributed by atoms with Gasteiger partial charge in [0.25, 0.3) is 0 Å². The summed E-state index contributed by atoms with van der Waals surface area (Å²) in [5, 5.41) is 9.60. The lowest BCUT2D eigenvalue weighted by atomic mass is 9.91. The van der Waals surface area contributed by atoms with Crippen molar-refractivity contribution in [3.63, 3.8) is 0 Å². The number of aryl methyl sites for hydroxylation is 1. The molecule has 4 heteroatoms. The third kappa shape index (κ3) is 2.87. The van der Waals surface area contributed by atoms with Crippen molar-refractivity contribution in [3.8, 4) is 17.2 Å². The Balaban J connectivity index is 2.20. The van der Waals surface area contributed by atoms with Gasteiger partial charge in [0.2, 0.25) is 0 Å². The van der Waals surface area contributed by atoms with Crippen LogP contribution in [0.1, 0.15) is 36.1 Å². The zero-order chi connectivity index (χ0) is 16.4. The molecule has 4 nitrogen and oxygen atoms in total. The second-order valence-electron chi connectivity index (χ2n) is 6.29. The zero-order valence-electron chi connectivity index (χ0n) is 13.8. The highest BCUT2D eigenvalue weighted by molar-refractivity contribution is 5.80. The monoisotopic (exact) mass is 306 g/mol. The largest absolute Gasteiger partial charge is 0.383 e. The second kappa shape index (κ2) is 6.29. The van der Waals surface area contributed by atoms with E-state index in [1.807, 2.05) is 14.1 Å². The highest BCUT2D eigenvalue weighted by Crippen LogP contribution is 2.35. The molecule has 118 valence electrons. The fraction of sp³-hybridized carbons (Fsp3) is 0.368. The van der Waals surface area contributed by atoms with Gasteiger partial charge in [-0.15, -0.1) is 0 Å². The van der Waals surface area contributed by atoms with Gasteiger partial charge >= 0.3 is 0 Å². The van der Waals surface area contributed by atoms with Crippen LogP contribution in [0.5, 0.6) is 0 Å². The Bertz CT molecular complexity index is 754. The Labute approximate surface area is 137 Å². The Morgan fingerprint density at radius 2 is 1.78 bits per heavy atom. The number of benzene rings is 1. The fourth-order valence-electron chi connectivity index (χ4n) is 3.30. The third-order valence-electron chi connectivity index (χ3n) is 4.54. The molecule has 1 aromatic carbocycles. The number of fused-ring (bicyclic) bond motifs is 1. The summed E-state index contributed by atoms with van der Waals surface area (Å²) in [6.07, 6.45) is 5.42. The minimum absolute atomic E-state index is 0.361. The number of nitriles is 1. The summed E-state index contributed by atoms with van der Waals surface area (Å²) >= 11 is 0. The fourth-order valence-corrected chi connectivity index (χ4v) is 3.30. The van der Waals surface area contributed by atoms with Crippen LogP contribution in [0.25, 0.3) is 11.1 Å². The predicted octanol–water partition coefficient (Wildman–Crippen LogP) is 3.54. The van der Waals surface area contributed by atoms with Crippen LogP contribution in [-0.2, 0) is 12.8 Å². The molecule has 0 radical (unpaired) electrons. The first-order valence-electron chi connectivity index (χ1n) is 8.11. The molecule has 23 heavy (non-hydrogen) atoms. The van der Waals surface area contributed by atoms with Crippen LogP contribution in [-0.4, -0.2) is 19.1 Å². The summed E-state index contributed by atoms with van der Waals surface area (Å²) in [4.78, 5) is 6.59. The van der Waals surface area contributed by atoms with Gasteiger partial charge in [0.1, 0.15) is 17.5 Å². The predicted molar refractivity (Wildman–Crippen MR) is 94.4 cm³/mol. The highest BCUT2D eigenvalue weighted by atomic mass is 15.1. The SMILES string of the molecule is CN(C)c1ccc(-c2c(C#N)c(N)nc3c2CCCCC3)cc1. The molecule has 2 N–H and O–H groups in total. The van der Waals surface area contributed by atoms with Gasteiger partial charge in [-0.1, -0.05) is 18.6 Å². The smallest absolute Gasteiger partial charge is 0.142 e. The molecule has 0 unspecified atom stereocenters. The van der Waals surface area contributed by atoms with Crippen LogP contribution in [0.2, 0.25) is 0 Å². The first-order chi connectivity index (χ1) is 11.1. The molecular formula is C19H22N4. The van der Waals surface area contributed by atoms with Gasteiger partial charge < -0.3 is 10.6 Å². The maximum absolute atomic E-state index is 9.60. The number of pyridine rings is 1. The quantitative estimate of drug-likeness (QED) is 0.862. The Kier molecular flexibility index (Phi) is 4.20. The molecule has 1 aromatic heterocycles. The van der Waals surface area contributed by atoms with E-state index in [0.29, 0.717) is 11.4 Å². The van der Waals surface area contributed by atoms with Gasteiger partial charge in [-0.3, -0.25) is 0 Å². The van der Waals surface area contributed by atoms with Crippen LogP contribution in [0, 0.1) is 11.3 Å². The van der Waals surface area contributed by atoms with Gasteiger partial charge in [-0.05, 0) is 48.9 Å². The molecule has 0 aliphatic heterocycles. The van der Waals surface area contributed by atoms with Crippen LogP contribution in [0.4, 0.5) is 11.5 Å². The zero-order valence-corrected chi connectivity index (χ0v) is 13.8. The summed E-state index contributed by atoms with van der Waals surface area (Å²) in [5.74, 6) is 0.361. The van der Waals surface area contributed by atoms with Crippen LogP contribution >= 0.6 is 0 Å². The Morgan fingerprint density at radius 1 is 1.09 bits per heavy atom. The Morgan fingerprint density at radius 3 is 2.43 bits per heavy atom. The summed E-state index contributed by atoms with van der Waals surface area (Å²) in [7, 11) is 4.04. The average Bonchev–Trinajstić information content (AvgIpc) is 2.78.